The van der Waals surface area contributed by atoms with Gasteiger partial charge in [0.05, 0.1) is 6.20 Å². The van der Waals surface area contributed by atoms with Gasteiger partial charge in [-0.2, -0.15) is 4.98 Å². The van der Waals surface area contributed by atoms with Gasteiger partial charge in [-0.1, -0.05) is 24.4 Å². The number of hydrogen-bond donors (Lipinski definition) is 2. The number of rotatable bonds is 3. The van der Waals surface area contributed by atoms with Crippen LogP contribution in [0.3, 0.4) is 0 Å². The van der Waals surface area contributed by atoms with Gasteiger partial charge in [0.1, 0.15) is 5.69 Å². The van der Waals surface area contributed by atoms with E-state index >= 15 is 0 Å². The lowest BCUT2D eigenvalue weighted by atomic mass is 9.89. The van der Waals surface area contributed by atoms with Gasteiger partial charge < -0.3 is 15.6 Å². The first-order chi connectivity index (χ1) is 10.7. The zero-order chi connectivity index (χ0) is 15.5. The quantitative estimate of drug-likeness (QED) is 0.881. The number of carbonyl (C=O) groups is 1. The molecule has 2 aromatic heterocycles. The van der Waals surface area contributed by atoms with Crippen LogP contribution in [-0.2, 0) is 0 Å². The number of hydrogen-bond acceptors (Lipinski definition) is 7. The minimum atomic E-state index is -0.400. The van der Waals surface area contributed by atoms with Crippen LogP contribution in [0.15, 0.2) is 10.7 Å². The van der Waals surface area contributed by atoms with Gasteiger partial charge in [0.15, 0.2) is 11.5 Å². The van der Waals surface area contributed by atoms with Gasteiger partial charge in [0.2, 0.25) is 11.7 Å². The van der Waals surface area contributed by atoms with Crippen molar-refractivity contribution >= 4 is 11.7 Å². The summed E-state index contributed by atoms with van der Waals surface area (Å²) in [5.41, 5.74) is 6.10. The van der Waals surface area contributed by atoms with Gasteiger partial charge in [-0.05, 0) is 12.8 Å². The smallest absolute Gasteiger partial charge is 0.273 e. The van der Waals surface area contributed by atoms with Crippen LogP contribution >= 0.6 is 0 Å². The highest BCUT2D eigenvalue weighted by Gasteiger charge is 2.23. The Hall–Kier alpha value is -2.51. The average molecular weight is 302 g/mol. The van der Waals surface area contributed by atoms with Crippen LogP contribution in [0.2, 0.25) is 0 Å². The summed E-state index contributed by atoms with van der Waals surface area (Å²) in [7, 11) is 1.51. The largest absolute Gasteiger partial charge is 0.382 e. The van der Waals surface area contributed by atoms with E-state index in [4.69, 9.17) is 10.3 Å². The molecule has 0 atom stereocenters. The van der Waals surface area contributed by atoms with Gasteiger partial charge in [0, 0.05) is 13.0 Å². The summed E-state index contributed by atoms with van der Waals surface area (Å²) in [5.74, 6) is 0.949. The molecule has 2 aromatic rings. The molecular weight excluding hydrogens is 284 g/mol. The number of amides is 1. The van der Waals surface area contributed by atoms with Crippen molar-refractivity contribution in [2.24, 2.45) is 0 Å². The van der Waals surface area contributed by atoms with Crippen LogP contribution in [0.5, 0.6) is 0 Å². The molecule has 1 saturated carbocycles. The first-order valence-electron chi connectivity index (χ1n) is 7.37. The SMILES string of the molecule is CNC(=O)c1nc(-c2noc(C3CCCCC3)n2)cnc1N. The summed E-state index contributed by atoms with van der Waals surface area (Å²) in [4.78, 5) is 24.3. The Bertz CT molecular complexity index is 678. The Morgan fingerprint density at radius 1 is 1.32 bits per heavy atom. The molecule has 0 radical (unpaired) electrons. The van der Waals surface area contributed by atoms with Gasteiger partial charge in [-0.15, -0.1) is 0 Å². The van der Waals surface area contributed by atoms with Crippen LogP contribution in [0.1, 0.15) is 54.4 Å². The molecule has 22 heavy (non-hydrogen) atoms. The topological polar surface area (TPSA) is 120 Å². The average Bonchev–Trinajstić information content (AvgIpc) is 3.05. The highest BCUT2D eigenvalue weighted by molar-refractivity contribution is 5.96. The van der Waals surface area contributed by atoms with E-state index in [0.717, 1.165) is 12.8 Å². The second-order valence-corrected chi connectivity index (χ2v) is 5.36. The lowest BCUT2D eigenvalue weighted by molar-refractivity contribution is 0.0959. The number of anilines is 1. The van der Waals surface area contributed by atoms with Crippen molar-refractivity contribution < 1.29 is 9.32 Å². The summed E-state index contributed by atoms with van der Waals surface area (Å²) in [5, 5.41) is 6.43. The third-order valence-corrected chi connectivity index (χ3v) is 3.87. The Morgan fingerprint density at radius 2 is 2.09 bits per heavy atom. The summed E-state index contributed by atoms with van der Waals surface area (Å²) < 4.78 is 5.35. The van der Waals surface area contributed by atoms with Crippen LogP contribution in [0.4, 0.5) is 5.82 Å². The first-order valence-corrected chi connectivity index (χ1v) is 7.37. The van der Waals surface area contributed by atoms with Crippen molar-refractivity contribution in [2.75, 3.05) is 12.8 Å². The molecule has 1 aliphatic carbocycles. The maximum absolute atomic E-state index is 11.7. The van der Waals surface area contributed by atoms with E-state index in [9.17, 15) is 4.79 Å². The second-order valence-electron chi connectivity index (χ2n) is 5.36. The molecule has 3 rings (SSSR count). The molecular formula is C14H18N6O2. The van der Waals surface area contributed by atoms with Gasteiger partial charge >= 0.3 is 0 Å². The minimum Gasteiger partial charge on any atom is -0.382 e. The lowest BCUT2D eigenvalue weighted by Gasteiger charge is -2.17. The second kappa shape index (κ2) is 6.08. The third-order valence-electron chi connectivity index (χ3n) is 3.87. The van der Waals surface area contributed by atoms with Crippen molar-refractivity contribution in [3.05, 3.63) is 17.8 Å². The normalized spacial score (nSPS) is 15.7. The fourth-order valence-corrected chi connectivity index (χ4v) is 2.65. The molecule has 0 aromatic carbocycles. The van der Waals surface area contributed by atoms with Crippen LogP contribution in [0, 0.1) is 0 Å². The molecule has 1 amide bonds. The number of carbonyl (C=O) groups excluding carboxylic acids is 1. The van der Waals surface area contributed by atoms with Crippen LogP contribution in [0.25, 0.3) is 11.5 Å². The molecule has 0 spiro atoms. The highest BCUT2D eigenvalue weighted by Crippen LogP contribution is 2.32. The number of nitrogens with two attached hydrogens (primary N) is 1. The zero-order valence-corrected chi connectivity index (χ0v) is 12.4. The van der Waals surface area contributed by atoms with E-state index in [2.05, 4.69) is 25.4 Å². The van der Waals surface area contributed by atoms with Gasteiger partial charge in [-0.25, -0.2) is 9.97 Å². The number of nitrogens with one attached hydrogen (secondary N) is 1. The molecule has 0 aliphatic heterocycles. The van der Waals surface area contributed by atoms with Gasteiger partial charge in [-0.3, -0.25) is 4.79 Å². The van der Waals surface area contributed by atoms with Crippen molar-refractivity contribution in [3.63, 3.8) is 0 Å². The highest BCUT2D eigenvalue weighted by atomic mass is 16.5. The predicted molar refractivity (Wildman–Crippen MR) is 79.0 cm³/mol. The van der Waals surface area contributed by atoms with Crippen LogP contribution < -0.4 is 11.1 Å². The van der Waals surface area contributed by atoms with E-state index < -0.39 is 5.91 Å². The molecule has 1 fully saturated rings. The van der Waals surface area contributed by atoms with E-state index in [-0.39, 0.29) is 11.5 Å². The molecule has 2 heterocycles. The fourth-order valence-electron chi connectivity index (χ4n) is 2.65. The summed E-state index contributed by atoms with van der Waals surface area (Å²) in [6, 6.07) is 0. The molecule has 0 unspecified atom stereocenters. The maximum atomic E-state index is 11.7. The van der Waals surface area contributed by atoms with Crippen molar-refractivity contribution in [1.29, 1.82) is 0 Å². The van der Waals surface area contributed by atoms with Crippen molar-refractivity contribution in [3.8, 4) is 11.5 Å². The molecule has 116 valence electrons. The van der Waals surface area contributed by atoms with E-state index in [0.29, 0.717) is 23.3 Å². The van der Waals surface area contributed by atoms with Crippen LogP contribution in [-0.4, -0.2) is 33.1 Å². The first kappa shape index (κ1) is 14.4. The Balaban J connectivity index is 1.88. The maximum Gasteiger partial charge on any atom is 0.273 e. The monoisotopic (exact) mass is 302 g/mol. The van der Waals surface area contributed by atoms with E-state index in [1.54, 1.807) is 0 Å². The zero-order valence-electron chi connectivity index (χ0n) is 12.4. The Morgan fingerprint density at radius 3 is 2.82 bits per heavy atom. The Kier molecular flexibility index (Phi) is 3.99. The summed E-state index contributed by atoms with van der Waals surface area (Å²) in [6.07, 6.45) is 7.21. The lowest BCUT2D eigenvalue weighted by Crippen LogP contribution is -2.21. The van der Waals surface area contributed by atoms with E-state index in [1.165, 1.54) is 32.5 Å². The third kappa shape index (κ3) is 2.76. The number of nitrogen functional groups attached to an aromatic ring is 1. The number of nitrogens with zero attached hydrogens (tertiary/aromatic N) is 4. The molecule has 0 saturated heterocycles. The predicted octanol–water partition coefficient (Wildman–Crippen LogP) is 1.52. The molecule has 1 aliphatic rings. The fraction of sp³-hybridized carbons (Fsp3) is 0.500. The molecule has 8 heteroatoms. The van der Waals surface area contributed by atoms with Crippen molar-refractivity contribution in [1.82, 2.24) is 25.4 Å². The molecule has 0 bridgehead atoms. The Labute approximate surface area is 127 Å². The molecule has 3 N–H and O–H groups in total. The molecule has 8 nitrogen and oxygen atoms in total. The summed E-state index contributed by atoms with van der Waals surface area (Å²) in [6.45, 7) is 0. The number of aromatic nitrogens is 4. The van der Waals surface area contributed by atoms with E-state index in [1.807, 2.05) is 0 Å². The standard InChI is InChI=1S/C14H18N6O2/c1-16-13(21)10-11(15)17-7-9(18-10)12-19-14(22-20-12)8-5-3-2-4-6-8/h7-8H,2-6H2,1H3,(H2,15,17)(H,16,21). The summed E-state index contributed by atoms with van der Waals surface area (Å²) >= 11 is 0. The van der Waals surface area contributed by atoms with Gasteiger partial charge in [0.25, 0.3) is 5.91 Å². The minimum absolute atomic E-state index is 0.0593. The van der Waals surface area contributed by atoms with Crippen molar-refractivity contribution in [2.45, 2.75) is 38.0 Å².